The first kappa shape index (κ1) is 11.0. The predicted molar refractivity (Wildman–Crippen MR) is 69.6 cm³/mol. The number of anilines is 1. The summed E-state index contributed by atoms with van der Waals surface area (Å²) in [7, 11) is 0. The van der Waals surface area contributed by atoms with Crippen molar-refractivity contribution in [1.29, 1.82) is 0 Å². The molecule has 0 amide bonds. The number of thiazole rings is 1. The lowest BCUT2D eigenvalue weighted by Crippen LogP contribution is -1.83. The molecule has 0 bridgehead atoms. The highest BCUT2D eigenvalue weighted by Crippen LogP contribution is 2.22. The molecule has 1 aromatic carbocycles. The van der Waals surface area contributed by atoms with Crippen molar-refractivity contribution in [2.75, 3.05) is 11.6 Å². The molecule has 1 heterocycles. The molecule has 4 heteroatoms. The number of benzene rings is 1. The van der Waals surface area contributed by atoms with Crippen LogP contribution in [0.4, 0.5) is 5.13 Å². The zero-order valence-corrected chi connectivity index (χ0v) is 9.98. The van der Waals surface area contributed by atoms with Gasteiger partial charge >= 0.3 is 0 Å². The Hall–Kier alpha value is -1.50. The Kier molecular flexibility index (Phi) is 3.45. The van der Waals surface area contributed by atoms with Gasteiger partial charge in [-0.3, -0.25) is 0 Å². The normalized spacial score (nSPS) is 9.56. The van der Waals surface area contributed by atoms with Crippen molar-refractivity contribution in [3.05, 3.63) is 35.2 Å². The molecule has 16 heavy (non-hydrogen) atoms. The highest BCUT2D eigenvalue weighted by atomic mass is 35.5. The maximum atomic E-state index is 5.58. The number of nitrogen functional groups attached to an aromatic ring is 1. The lowest BCUT2D eigenvalue weighted by molar-refractivity contribution is 1.41. The molecule has 0 radical (unpaired) electrons. The van der Waals surface area contributed by atoms with Crippen LogP contribution in [0.15, 0.2) is 29.6 Å². The molecule has 0 atom stereocenters. The molecule has 0 aliphatic rings. The number of alkyl halides is 1. The Morgan fingerprint density at radius 1 is 1.31 bits per heavy atom. The van der Waals surface area contributed by atoms with Crippen LogP contribution >= 0.6 is 22.9 Å². The van der Waals surface area contributed by atoms with Gasteiger partial charge in [0, 0.05) is 16.5 Å². The van der Waals surface area contributed by atoms with E-state index >= 15 is 0 Å². The van der Waals surface area contributed by atoms with Crippen LogP contribution in [-0.4, -0.2) is 10.9 Å². The Bertz CT molecular complexity index is 534. The second-order valence-corrected chi connectivity index (χ2v) is 4.24. The van der Waals surface area contributed by atoms with Gasteiger partial charge in [0.15, 0.2) is 5.13 Å². The van der Waals surface area contributed by atoms with Crippen molar-refractivity contribution in [2.45, 2.75) is 0 Å². The van der Waals surface area contributed by atoms with Crippen LogP contribution in [0, 0.1) is 11.8 Å². The smallest absolute Gasteiger partial charge is 0.180 e. The molecule has 1 aromatic heterocycles. The summed E-state index contributed by atoms with van der Waals surface area (Å²) >= 11 is 6.92. The molecule has 0 aliphatic heterocycles. The maximum absolute atomic E-state index is 5.58. The second kappa shape index (κ2) is 5.02. The zero-order chi connectivity index (χ0) is 11.4. The number of nitrogens with two attached hydrogens (primary N) is 1. The van der Waals surface area contributed by atoms with Crippen LogP contribution in [-0.2, 0) is 0 Å². The first-order valence-corrected chi connectivity index (χ1v) is 6.07. The van der Waals surface area contributed by atoms with Gasteiger partial charge in [-0.2, -0.15) is 0 Å². The molecule has 2 N–H and O–H groups in total. The number of hydrogen-bond donors (Lipinski definition) is 1. The minimum absolute atomic E-state index is 0.352. The molecule has 0 saturated carbocycles. The minimum atomic E-state index is 0.352. The van der Waals surface area contributed by atoms with Gasteiger partial charge in [-0.05, 0) is 12.1 Å². The van der Waals surface area contributed by atoms with E-state index in [-0.39, 0.29) is 0 Å². The van der Waals surface area contributed by atoms with Gasteiger partial charge < -0.3 is 5.73 Å². The molecule has 0 fully saturated rings. The van der Waals surface area contributed by atoms with Crippen LogP contribution in [0.2, 0.25) is 0 Å². The quantitative estimate of drug-likeness (QED) is 0.623. The van der Waals surface area contributed by atoms with Crippen molar-refractivity contribution in [2.24, 2.45) is 0 Å². The summed E-state index contributed by atoms with van der Waals surface area (Å²) in [5, 5.41) is 2.52. The highest BCUT2D eigenvalue weighted by Gasteiger charge is 2.01. The molecule has 0 spiro atoms. The van der Waals surface area contributed by atoms with E-state index in [1.54, 1.807) is 0 Å². The minimum Gasteiger partial charge on any atom is -0.375 e. The van der Waals surface area contributed by atoms with Crippen molar-refractivity contribution in [3.8, 4) is 23.1 Å². The van der Waals surface area contributed by atoms with Gasteiger partial charge in [0.25, 0.3) is 0 Å². The third-order valence-electron chi connectivity index (χ3n) is 2.00. The van der Waals surface area contributed by atoms with Gasteiger partial charge in [0.05, 0.1) is 11.6 Å². The van der Waals surface area contributed by atoms with E-state index < -0.39 is 0 Å². The Morgan fingerprint density at radius 2 is 2.06 bits per heavy atom. The largest absolute Gasteiger partial charge is 0.375 e. The molecule has 0 saturated heterocycles. The number of rotatable bonds is 1. The summed E-state index contributed by atoms with van der Waals surface area (Å²) in [6.07, 6.45) is 0. The molecule has 0 aliphatic carbocycles. The van der Waals surface area contributed by atoms with Gasteiger partial charge in [0.2, 0.25) is 0 Å². The van der Waals surface area contributed by atoms with E-state index in [2.05, 4.69) is 16.8 Å². The number of halogens is 1. The highest BCUT2D eigenvalue weighted by molar-refractivity contribution is 7.13. The lowest BCUT2D eigenvalue weighted by Gasteiger charge is -1.96. The van der Waals surface area contributed by atoms with Gasteiger partial charge in [-0.15, -0.1) is 22.9 Å². The van der Waals surface area contributed by atoms with Crippen LogP contribution in [0.3, 0.4) is 0 Å². The Labute approximate surface area is 103 Å². The van der Waals surface area contributed by atoms with Crippen molar-refractivity contribution in [3.63, 3.8) is 0 Å². The monoisotopic (exact) mass is 248 g/mol. The molecular formula is C12H9ClN2S. The predicted octanol–water partition coefficient (Wildman–Crippen LogP) is 2.98. The van der Waals surface area contributed by atoms with Crippen LogP contribution in [0.5, 0.6) is 0 Å². The fraction of sp³-hybridized carbons (Fsp3) is 0.0833. The summed E-state index contributed by atoms with van der Waals surface area (Å²) < 4.78 is 0. The topological polar surface area (TPSA) is 38.9 Å². The number of hydrogen-bond acceptors (Lipinski definition) is 3. The average Bonchev–Trinajstić information content (AvgIpc) is 2.74. The summed E-state index contributed by atoms with van der Waals surface area (Å²) in [4.78, 5) is 4.21. The SMILES string of the molecule is Nc1nc(-c2ccc(C#CCCl)cc2)cs1. The third kappa shape index (κ3) is 2.54. The average molecular weight is 249 g/mol. The van der Waals surface area contributed by atoms with Crippen LogP contribution in [0.1, 0.15) is 5.56 Å². The molecule has 2 aromatic rings. The number of aromatic nitrogens is 1. The first-order chi connectivity index (χ1) is 7.79. The lowest BCUT2D eigenvalue weighted by atomic mass is 10.1. The van der Waals surface area contributed by atoms with Crippen LogP contribution < -0.4 is 5.73 Å². The van der Waals surface area contributed by atoms with E-state index in [9.17, 15) is 0 Å². The third-order valence-corrected chi connectivity index (χ3v) is 2.81. The van der Waals surface area contributed by atoms with E-state index in [0.717, 1.165) is 16.8 Å². The summed E-state index contributed by atoms with van der Waals surface area (Å²) in [6, 6.07) is 7.86. The standard InChI is InChI=1S/C12H9ClN2S/c13-7-1-2-9-3-5-10(6-4-9)11-8-16-12(14)15-11/h3-6,8H,7H2,(H2,14,15). The van der Waals surface area contributed by atoms with Gasteiger partial charge in [0.1, 0.15) is 0 Å². The fourth-order valence-corrected chi connectivity index (χ4v) is 1.92. The second-order valence-electron chi connectivity index (χ2n) is 3.08. The van der Waals surface area contributed by atoms with E-state index in [1.807, 2.05) is 29.6 Å². The Morgan fingerprint density at radius 3 is 2.62 bits per heavy atom. The van der Waals surface area contributed by atoms with Gasteiger partial charge in [-0.1, -0.05) is 24.0 Å². The first-order valence-electron chi connectivity index (χ1n) is 4.66. The molecule has 2 nitrogen and oxygen atoms in total. The van der Waals surface area contributed by atoms with Crippen molar-refractivity contribution < 1.29 is 0 Å². The van der Waals surface area contributed by atoms with Crippen LogP contribution in [0.25, 0.3) is 11.3 Å². The Balaban J connectivity index is 2.25. The summed E-state index contributed by atoms with van der Waals surface area (Å²) in [5.74, 6) is 6.12. The maximum Gasteiger partial charge on any atom is 0.180 e. The molecular weight excluding hydrogens is 240 g/mol. The summed E-state index contributed by atoms with van der Waals surface area (Å²) in [6.45, 7) is 0. The number of nitrogens with zero attached hydrogens (tertiary/aromatic N) is 1. The summed E-state index contributed by atoms with van der Waals surface area (Å²) in [5.41, 5.74) is 8.48. The van der Waals surface area contributed by atoms with E-state index in [1.165, 1.54) is 11.3 Å². The molecule has 80 valence electrons. The van der Waals surface area contributed by atoms with Gasteiger partial charge in [-0.25, -0.2) is 4.98 Å². The molecule has 2 rings (SSSR count). The van der Waals surface area contributed by atoms with Crippen molar-refractivity contribution >= 4 is 28.1 Å². The fourth-order valence-electron chi connectivity index (χ4n) is 1.28. The van der Waals surface area contributed by atoms with Crippen molar-refractivity contribution in [1.82, 2.24) is 4.98 Å². The van der Waals surface area contributed by atoms with E-state index in [0.29, 0.717) is 11.0 Å². The van der Waals surface area contributed by atoms with E-state index in [4.69, 9.17) is 17.3 Å². The zero-order valence-electron chi connectivity index (χ0n) is 8.40. The molecule has 0 unspecified atom stereocenters.